The molecule has 0 aromatic heterocycles. The second-order valence-electron chi connectivity index (χ2n) is 7.80. The number of anilines is 2. The van der Waals surface area contributed by atoms with Crippen LogP contribution in [-0.4, -0.2) is 56.2 Å². The Labute approximate surface area is 183 Å². The topological polar surface area (TPSA) is 72.0 Å². The first kappa shape index (κ1) is 22.4. The first-order valence-electron chi connectivity index (χ1n) is 10.6. The molecule has 0 radical (unpaired) electrons. The number of aliphatic imine (C=N–C) groups is 1. The van der Waals surface area contributed by atoms with Gasteiger partial charge in [0, 0.05) is 57.2 Å². The Hall–Kier alpha value is -3.29. The minimum atomic E-state index is -0.213. The Morgan fingerprint density at radius 1 is 1.03 bits per heavy atom. The summed E-state index contributed by atoms with van der Waals surface area (Å²) >= 11 is 0. The summed E-state index contributed by atoms with van der Waals surface area (Å²) in [5.41, 5.74) is 2.89. The van der Waals surface area contributed by atoms with Crippen molar-refractivity contribution in [3.63, 3.8) is 0 Å². The molecule has 1 fully saturated rings. The monoisotopic (exact) mass is 426 g/mol. The van der Waals surface area contributed by atoms with E-state index in [1.807, 2.05) is 50.2 Å². The molecule has 0 unspecified atom stereocenters. The van der Waals surface area contributed by atoms with Crippen LogP contribution >= 0.6 is 0 Å². The van der Waals surface area contributed by atoms with Gasteiger partial charge >= 0.3 is 6.03 Å². The van der Waals surface area contributed by atoms with Gasteiger partial charge in [-0.25, -0.2) is 9.18 Å². The van der Waals surface area contributed by atoms with Crippen molar-refractivity contribution in [3.8, 4) is 0 Å². The van der Waals surface area contributed by atoms with Crippen molar-refractivity contribution >= 4 is 23.4 Å². The zero-order valence-electron chi connectivity index (χ0n) is 18.4. The average Bonchev–Trinajstić information content (AvgIpc) is 2.76. The van der Waals surface area contributed by atoms with Crippen LogP contribution in [0.3, 0.4) is 0 Å². The van der Waals surface area contributed by atoms with Gasteiger partial charge in [-0.3, -0.25) is 4.99 Å². The van der Waals surface area contributed by atoms with Gasteiger partial charge in [-0.15, -0.1) is 0 Å². The summed E-state index contributed by atoms with van der Waals surface area (Å²) in [6.07, 6.45) is 0. The molecule has 31 heavy (non-hydrogen) atoms. The lowest BCUT2D eigenvalue weighted by atomic mass is 10.2. The largest absolute Gasteiger partial charge is 0.368 e. The van der Waals surface area contributed by atoms with Crippen LogP contribution in [0.4, 0.5) is 20.6 Å². The molecule has 0 atom stereocenters. The predicted octanol–water partition coefficient (Wildman–Crippen LogP) is 3.25. The third kappa shape index (κ3) is 6.60. The number of halogens is 1. The van der Waals surface area contributed by atoms with Crippen molar-refractivity contribution in [1.82, 2.24) is 15.5 Å². The van der Waals surface area contributed by atoms with Gasteiger partial charge in [0.1, 0.15) is 5.82 Å². The van der Waals surface area contributed by atoms with E-state index < -0.39 is 0 Å². The maximum absolute atomic E-state index is 13.1. The fourth-order valence-corrected chi connectivity index (χ4v) is 3.48. The fraction of sp³-hybridized carbons (Fsp3) is 0.391. The molecule has 0 saturated carbocycles. The van der Waals surface area contributed by atoms with Gasteiger partial charge < -0.3 is 25.8 Å². The molecule has 1 aliphatic heterocycles. The molecule has 166 valence electrons. The van der Waals surface area contributed by atoms with Crippen molar-refractivity contribution in [2.75, 3.05) is 43.4 Å². The van der Waals surface area contributed by atoms with Gasteiger partial charge in [0.05, 0.1) is 0 Å². The molecule has 3 N–H and O–H groups in total. The van der Waals surface area contributed by atoms with E-state index >= 15 is 0 Å². The third-order valence-electron chi connectivity index (χ3n) is 5.06. The van der Waals surface area contributed by atoms with Crippen LogP contribution in [0.1, 0.15) is 19.4 Å². The molecule has 1 heterocycles. The summed E-state index contributed by atoms with van der Waals surface area (Å²) in [7, 11) is 1.79. The molecule has 8 heteroatoms. The van der Waals surface area contributed by atoms with E-state index in [0.29, 0.717) is 6.54 Å². The van der Waals surface area contributed by atoms with Gasteiger partial charge in [-0.2, -0.15) is 0 Å². The zero-order valence-corrected chi connectivity index (χ0v) is 18.4. The smallest absolute Gasteiger partial charge is 0.319 e. The molecule has 2 aromatic carbocycles. The molecule has 2 amide bonds. The number of amides is 2. The van der Waals surface area contributed by atoms with Gasteiger partial charge in [0.2, 0.25) is 0 Å². The van der Waals surface area contributed by atoms with Crippen molar-refractivity contribution in [2.24, 2.45) is 4.99 Å². The van der Waals surface area contributed by atoms with Crippen molar-refractivity contribution in [1.29, 1.82) is 0 Å². The SMILES string of the molecule is CN=C(NCc1ccc(NC(=O)NC(C)C)cc1)N1CCN(c2ccc(F)cc2)CC1. The number of nitrogens with one attached hydrogen (secondary N) is 3. The summed E-state index contributed by atoms with van der Waals surface area (Å²) in [4.78, 5) is 20.7. The number of hydrogen-bond donors (Lipinski definition) is 3. The van der Waals surface area contributed by atoms with Crippen LogP contribution in [-0.2, 0) is 6.54 Å². The van der Waals surface area contributed by atoms with Crippen molar-refractivity contribution in [3.05, 3.63) is 59.9 Å². The Bertz CT molecular complexity index is 874. The maximum atomic E-state index is 13.1. The third-order valence-corrected chi connectivity index (χ3v) is 5.06. The standard InChI is InChI=1S/C23H31FN6O/c1-17(2)27-23(31)28-20-8-4-18(5-9-20)16-26-22(25-3)30-14-12-29(13-15-30)21-10-6-19(24)7-11-21/h4-11,17H,12-16H2,1-3H3,(H,25,26)(H2,27,28,31). The van der Waals surface area contributed by atoms with E-state index in [1.165, 1.54) is 12.1 Å². The van der Waals surface area contributed by atoms with Crippen LogP contribution in [0.25, 0.3) is 0 Å². The van der Waals surface area contributed by atoms with E-state index in [9.17, 15) is 9.18 Å². The quantitative estimate of drug-likeness (QED) is 0.507. The number of carbonyl (C=O) groups excluding carboxylic acids is 1. The minimum Gasteiger partial charge on any atom is -0.368 e. The highest BCUT2D eigenvalue weighted by Crippen LogP contribution is 2.17. The lowest BCUT2D eigenvalue weighted by molar-refractivity contribution is 0.250. The molecule has 7 nitrogen and oxygen atoms in total. The van der Waals surface area contributed by atoms with Crippen LogP contribution in [0.2, 0.25) is 0 Å². The lowest BCUT2D eigenvalue weighted by Gasteiger charge is -2.37. The number of nitrogens with zero attached hydrogens (tertiary/aromatic N) is 3. The minimum absolute atomic E-state index is 0.0905. The Morgan fingerprint density at radius 2 is 1.68 bits per heavy atom. The van der Waals surface area contributed by atoms with Gasteiger partial charge in [-0.1, -0.05) is 12.1 Å². The summed E-state index contributed by atoms with van der Waals surface area (Å²) in [5, 5.41) is 9.04. The molecule has 0 bridgehead atoms. The van der Waals surface area contributed by atoms with Crippen LogP contribution in [0, 0.1) is 5.82 Å². The molecule has 2 aromatic rings. The van der Waals surface area contributed by atoms with Crippen molar-refractivity contribution < 1.29 is 9.18 Å². The second-order valence-corrected chi connectivity index (χ2v) is 7.80. The number of hydrogen-bond acceptors (Lipinski definition) is 3. The number of benzene rings is 2. The normalized spacial score (nSPS) is 14.5. The number of piperazine rings is 1. The summed E-state index contributed by atoms with van der Waals surface area (Å²) in [6, 6.07) is 14.3. The Balaban J connectivity index is 1.47. The molecule has 3 rings (SSSR count). The first-order valence-corrected chi connectivity index (χ1v) is 10.6. The first-order chi connectivity index (χ1) is 14.9. The highest BCUT2D eigenvalue weighted by Gasteiger charge is 2.19. The molecule has 0 aliphatic carbocycles. The summed E-state index contributed by atoms with van der Waals surface area (Å²) < 4.78 is 13.1. The number of rotatable bonds is 5. The number of urea groups is 1. The highest BCUT2D eigenvalue weighted by atomic mass is 19.1. The maximum Gasteiger partial charge on any atom is 0.319 e. The summed E-state index contributed by atoms with van der Waals surface area (Å²) in [6.45, 7) is 7.86. The average molecular weight is 427 g/mol. The predicted molar refractivity (Wildman–Crippen MR) is 124 cm³/mol. The second kappa shape index (κ2) is 10.7. The van der Waals surface area contributed by atoms with E-state index in [0.717, 1.165) is 49.1 Å². The fourth-order valence-electron chi connectivity index (χ4n) is 3.48. The van der Waals surface area contributed by atoms with Crippen molar-refractivity contribution in [2.45, 2.75) is 26.4 Å². The van der Waals surface area contributed by atoms with Gasteiger partial charge in [0.25, 0.3) is 0 Å². The molecular formula is C23H31FN6O. The molecular weight excluding hydrogens is 395 g/mol. The van der Waals surface area contributed by atoms with Gasteiger partial charge in [0.15, 0.2) is 5.96 Å². The number of carbonyl (C=O) groups is 1. The van der Waals surface area contributed by atoms with E-state index in [4.69, 9.17) is 0 Å². The van der Waals surface area contributed by atoms with Crippen LogP contribution in [0.5, 0.6) is 0 Å². The highest BCUT2D eigenvalue weighted by molar-refractivity contribution is 5.89. The number of guanidine groups is 1. The molecule has 0 spiro atoms. The van der Waals surface area contributed by atoms with E-state index in [1.54, 1.807) is 7.05 Å². The molecule has 1 saturated heterocycles. The Morgan fingerprint density at radius 3 is 2.26 bits per heavy atom. The molecule has 1 aliphatic rings. The zero-order chi connectivity index (χ0) is 22.2. The van der Waals surface area contributed by atoms with Crippen LogP contribution < -0.4 is 20.9 Å². The summed E-state index contributed by atoms with van der Waals surface area (Å²) in [5.74, 6) is 0.645. The van der Waals surface area contributed by atoms with Crippen LogP contribution in [0.15, 0.2) is 53.5 Å². The van der Waals surface area contributed by atoms with E-state index in [2.05, 4.69) is 30.7 Å². The van der Waals surface area contributed by atoms with E-state index in [-0.39, 0.29) is 17.9 Å². The Kier molecular flexibility index (Phi) is 7.70. The lowest BCUT2D eigenvalue weighted by Crippen LogP contribution is -2.52. The van der Waals surface area contributed by atoms with Gasteiger partial charge in [-0.05, 0) is 55.8 Å².